The van der Waals surface area contributed by atoms with Crippen LogP contribution >= 0.6 is 0 Å². The van der Waals surface area contributed by atoms with Gasteiger partial charge in [0.25, 0.3) is 0 Å². The molecule has 0 saturated carbocycles. The Hall–Kier alpha value is -1.55. The van der Waals surface area contributed by atoms with Crippen LogP contribution in [0.25, 0.3) is 10.9 Å². The van der Waals surface area contributed by atoms with Crippen LogP contribution in [0.3, 0.4) is 0 Å². The molecule has 1 aromatic carbocycles. The molecule has 1 unspecified atom stereocenters. The lowest BCUT2D eigenvalue weighted by atomic mass is 10.2. The average molecular weight is 222 g/mol. The number of benzene rings is 1. The molecule has 0 spiro atoms. The van der Waals surface area contributed by atoms with Crippen LogP contribution in [0.5, 0.6) is 5.75 Å². The predicted octanol–water partition coefficient (Wildman–Crippen LogP) is 2.54. The first kappa shape index (κ1) is 11.0. The van der Waals surface area contributed by atoms with Crippen LogP contribution in [0, 0.1) is 0 Å². The van der Waals surface area contributed by atoms with Gasteiger partial charge in [-0.25, -0.2) is 4.39 Å². The molecule has 0 amide bonds. The maximum Gasteiger partial charge on any atom is 0.141 e. The van der Waals surface area contributed by atoms with E-state index in [9.17, 15) is 4.39 Å². The number of nitrogens with two attached hydrogens (primary N) is 1. The van der Waals surface area contributed by atoms with Crippen LogP contribution in [-0.4, -0.2) is 18.6 Å². The Labute approximate surface area is 93.4 Å². The van der Waals surface area contributed by atoms with E-state index < -0.39 is 6.17 Å². The zero-order valence-electron chi connectivity index (χ0n) is 9.16. The Bertz CT molecular complexity index is 481. The van der Waals surface area contributed by atoms with Crippen molar-refractivity contribution in [2.45, 2.75) is 12.6 Å². The molecule has 16 heavy (non-hydrogen) atoms. The van der Waals surface area contributed by atoms with Gasteiger partial charge < -0.3 is 15.5 Å². The summed E-state index contributed by atoms with van der Waals surface area (Å²) in [4.78, 5) is 3.04. The summed E-state index contributed by atoms with van der Waals surface area (Å²) in [6.07, 6.45) is -0.687. The number of halogens is 1. The van der Waals surface area contributed by atoms with Gasteiger partial charge in [-0.05, 0) is 31.2 Å². The number of nitrogens with one attached hydrogen (secondary N) is 1. The summed E-state index contributed by atoms with van der Waals surface area (Å²) in [5, 5.41) is 0.982. The van der Waals surface area contributed by atoms with Crippen LogP contribution in [0.2, 0.25) is 0 Å². The number of aromatic nitrogens is 1. The maximum atomic E-state index is 13.6. The third kappa shape index (κ3) is 2.02. The average Bonchev–Trinajstić information content (AvgIpc) is 2.71. The Morgan fingerprint density at radius 1 is 1.44 bits per heavy atom. The molecular formula is C12H15FN2O. The molecule has 2 rings (SSSR count). The Balaban J connectivity index is 2.35. The Morgan fingerprint density at radius 2 is 2.25 bits per heavy atom. The van der Waals surface area contributed by atoms with E-state index in [0.29, 0.717) is 18.7 Å². The minimum absolute atomic E-state index is 0.337. The number of fused-ring (bicyclic) bond motifs is 1. The quantitative estimate of drug-likeness (QED) is 0.835. The molecule has 0 fully saturated rings. The Kier molecular flexibility index (Phi) is 3.10. The molecule has 1 aromatic heterocycles. The minimum Gasteiger partial charge on any atom is -0.497 e. The van der Waals surface area contributed by atoms with Gasteiger partial charge in [0.1, 0.15) is 11.9 Å². The zero-order chi connectivity index (χ0) is 11.5. The SMILES string of the molecule is COc1ccc2cc(C(F)CCN)[nH]c2c1. The molecule has 1 heterocycles. The van der Waals surface area contributed by atoms with Gasteiger partial charge >= 0.3 is 0 Å². The molecule has 2 aromatic rings. The van der Waals surface area contributed by atoms with Gasteiger partial charge in [-0.15, -0.1) is 0 Å². The van der Waals surface area contributed by atoms with E-state index in [1.54, 1.807) is 7.11 Å². The number of rotatable bonds is 4. The van der Waals surface area contributed by atoms with Gasteiger partial charge in [-0.1, -0.05) is 0 Å². The van der Waals surface area contributed by atoms with Gasteiger partial charge in [-0.2, -0.15) is 0 Å². The summed E-state index contributed by atoms with van der Waals surface area (Å²) in [7, 11) is 1.61. The third-order valence-electron chi connectivity index (χ3n) is 2.61. The number of hydrogen-bond donors (Lipinski definition) is 2. The minimum atomic E-state index is -1.02. The summed E-state index contributed by atoms with van der Waals surface area (Å²) in [6.45, 7) is 0.347. The topological polar surface area (TPSA) is 51.0 Å². The highest BCUT2D eigenvalue weighted by Crippen LogP contribution is 2.26. The second-order valence-electron chi connectivity index (χ2n) is 3.72. The van der Waals surface area contributed by atoms with Crippen molar-refractivity contribution in [1.82, 2.24) is 4.98 Å². The molecular weight excluding hydrogens is 207 g/mol. The monoisotopic (exact) mass is 222 g/mol. The second-order valence-corrected chi connectivity index (χ2v) is 3.72. The predicted molar refractivity (Wildman–Crippen MR) is 62.4 cm³/mol. The van der Waals surface area contributed by atoms with Crippen LogP contribution in [-0.2, 0) is 0 Å². The molecule has 4 heteroatoms. The number of hydrogen-bond acceptors (Lipinski definition) is 2. The fourth-order valence-corrected chi connectivity index (χ4v) is 1.73. The fraction of sp³-hybridized carbons (Fsp3) is 0.333. The van der Waals surface area contributed by atoms with Crippen LogP contribution in [0.1, 0.15) is 18.3 Å². The molecule has 0 saturated heterocycles. The molecule has 0 aliphatic heterocycles. The first-order chi connectivity index (χ1) is 7.74. The van der Waals surface area contributed by atoms with Crippen molar-refractivity contribution in [2.24, 2.45) is 5.73 Å². The molecule has 3 nitrogen and oxygen atoms in total. The second kappa shape index (κ2) is 4.53. The van der Waals surface area contributed by atoms with Gasteiger partial charge in [0.15, 0.2) is 0 Å². The summed E-state index contributed by atoms with van der Waals surface area (Å²) < 4.78 is 18.7. The van der Waals surface area contributed by atoms with E-state index in [-0.39, 0.29) is 0 Å². The largest absolute Gasteiger partial charge is 0.497 e. The van der Waals surface area contributed by atoms with Gasteiger partial charge in [0.05, 0.1) is 12.8 Å². The van der Waals surface area contributed by atoms with E-state index in [1.807, 2.05) is 24.3 Å². The van der Waals surface area contributed by atoms with Crippen molar-refractivity contribution in [3.63, 3.8) is 0 Å². The zero-order valence-corrected chi connectivity index (χ0v) is 9.16. The maximum absolute atomic E-state index is 13.6. The summed E-state index contributed by atoms with van der Waals surface area (Å²) >= 11 is 0. The number of aromatic amines is 1. The first-order valence-corrected chi connectivity index (χ1v) is 5.25. The lowest BCUT2D eigenvalue weighted by molar-refractivity contribution is 0.322. The number of ether oxygens (including phenoxy) is 1. The highest BCUT2D eigenvalue weighted by Gasteiger charge is 2.11. The van der Waals surface area contributed by atoms with Gasteiger partial charge in [0, 0.05) is 17.0 Å². The van der Waals surface area contributed by atoms with E-state index in [1.165, 1.54) is 0 Å². The van der Waals surface area contributed by atoms with E-state index in [4.69, 9.17) is 10.5 Å². The highest BCUT2D eigenvalue weighted by atomic mass is 19.1. The first-order valence-electron chi connectivity index (χ1n) is 5.25. The summed E-state index contributed by atoms with van der Waals surface area (Å²) in [5.74, 6) is 0.759. The molecule has 0 radical (unpaired) electrons. The standard InChI is InChI=1S/C12H15FN2O/c1-16-9-3-2-8-6-12(10(13)4-5-14)15-11(8)7-9/h2-3,6-7,10,15H,4-5,14H2,1H3. The van der Waals surface area contributed by atoms with E-state index in [0.717, 1.165) is 16.7 Å². The smallest absolute Gasteiger partial charge is 0.141 e. The normalized spacial score (nSPS) is 12.9. The van der Waals surface area contributed by atoms with E-state index >= 15 is 0 Å². The van der Waals surface area contributed by atoms with Crippen molar-refractivity contribution in [2.75, 3.05) is 13.7 Å². The molecule has 0 aliphatic rings. The van der Waals surface area contributed by atoms with Gasteiger partial charge in [-0.3, -0.25) is 0 Å². The summed E-state index contributed by atoms with van der Waals surface area (Å²) in [6, 6.07) is 7.43. The Morgan fingerprint density at radius 3 is 2.94 bits per heavy atom. The molecule has 0 aliphatic carbocycles. The molecule has 86 valence electrons. The lowest BCUT2D eigenvalue weighted by Crippen LogP contribution is -2.03. The van der Waals surface area contributed by atoms with Crippen LogP contribution in [0.15, 0.2) is 24.3 Å². The number of alkyl halides is 1. The van der Waals surface area contributed by atoms with Crippen molar-refractivity contribution in [1.29, 1.82) is 0 Å². The lowest BCUT2D eigenvalue weighted by Gasteiger charge is -2.02. The fourth-order valence-electron chi connectivity index (χ4n) is 1.73. The summed E-state index contributed by atoms with van der Waals surface area (Å²) in [5.41, 5.74) is 6.79. The van der Waals surface area contributed by atoms with Gasteiger partial charge in [0.2, 0.25) is 0 Å². The third-order valence-corrected chi connectivity index (χ3v) is 2.61. The van der Waals surface area contributed by atoms with Crippen LogP contribution in [0.4, 0.5) is 4.39 Å². The molecule has 3 N–H and O–H groups in total. The van der Waals surface area contributed by atoms with E-state index in [2.05, 4.69) is 4.98 Å². The molecule has 0 bridgehead atoms. The van der Waals surface area contributed by atoms with Crippen LogP contribution < -0.4 is 10.5 Å². The number of methoxy groups -OCH3 is 1. The van der Waals surface area contributed by atoms with Crippen molar-refractivity contribution in [3.05, 3.63) is 30.0 Å². The van der Waals surface area contributed by atoms with Crippen molar-refractivity contribution in [3.8, 4) is 5.75 Å². The van der Waals surface area contributed by atoms with Crippen molar-refractivity contribution < 1.29 is 9.13 Å². The highest BCUT2D eigenvalue weighted by molar-refractivity contribution is 5.81. The van der Waals surface area contributed by atoms with Crippen molar-refractivity contribution >= 4 is 10.9 Å². The molecule has 1 atom stereocenters. The number of H-pyrrole nitrogens is 1.